The third-order valence-corrected chi connectivity index (χ3v) is 8.99. The minimum atomic E-state index is -0.356. The standard InChI is InChI=1S/C19H29BrO3/c1-18-5-3-11(21)7-10(18)8-15(22)16-12(18)4-6-19(2)13(16)9-14(20)17(19)23/h3,5,10-17,21-23H,4,6-9H2,1-2H3/t10?,11-,12-,13-,14+,15+,16+,17+,18-,19-/m0/s1. The molecule has 0 spiro atoms. The summed E-state index contributed by atoms with van der Waals surface area (Å²) in [5, 5.41) is 31.7. The van der Waals surface area contributed by atoms with Crippen LogP contribution in [-0.2, 0) is 0 Å². The predicted molar refractivity (Wildman–Crippen MR) is 93.1 cm³/mol. The zero-order chi connectivity index (χ0) is 16.6. The molecular weight excluding hydrogens is 356 g/mol. The summed E-state index contributed by atoms with van der Waals surface area (Å²) in [6, 6.07) is 0. The molecule has 4 aliphatic rings. The van der Waals surface area contributed by atoms with Crippen LogP contribution in [0.5, 0.6) is 0 Å². The third kappa shape index (κ3) is 2.17. The maximum Gasteiger partial charge on any atom is 0.0724 e. The highest BCUT2D eigenvalue weighted by molar-refractivity contribution is 9.09. The van der Waals surface area contributed by atoms with Crippen molar-refractivity contribution in [2.45, 2.75) is 69.1 Å². The van der Waals surface area contributed by atoms with Crippen molar-refractivity contribution in [2.24, 2.45) is 34.5 Å². The average Bonchev–Trinajstić information content (AvgIpc) is 2.73. The maximum absolute atomic E-state index is 11.0. The van der Waals surface area contributed by atoms with E-state index >= 15 is 0 Å². The summed E-state index contributed by atoms with van der Waals surface area (Å²) in [4.78, 5) is 0.151. The Bertz CT molecular complexity index is 523. The lowest BCUT2D eigenvalue weighted by Gasteiger charge is -2.60. The summed E-state index contributed by atoms with van der Waals surface area (Å²) in [7, 11) is 0. The first-order chi connectivity index (χ1) is 10.8. The smallest absolute Gasteiger partial charge is 0.0724 e. The van der Waals surface area contributed by atoms with Crippen molar-refractivity contribution >= 4 is 15.9 Å². The van der Waals surface area contributed by atoms with Gasteiger partial charge in [-0.3, -0.25) is 0 Å². The SMILES string of the molecule is C[C@]12CC[C@H]3[C@@H]([C@H](O)CC4C[C@@H](O)C=C[C@@]43C)[C@@H]1C[C@@H](Br)[C@H]2O. The molecule has 130 valence electrons. The zero-order valence-corrected chi connectivity index (χ0v) is 15.6. The molecule has 3 N–H and O–H groups in total. The summed E-state index contributed by atoms with van der Waals surface area (Å²) >= 11 is 3.68. The first-order valence-electron chi connectivity index (χ1n) is 9.15. The van der Waals surface area contributed by atoms with Crippen LogP contribution in [0.2, 0.25) is 0 Å². The lowest BCUT2D eigenvalue weighted by molar-refractivity contribution is -0.150. The Labute approximate surface area is 147 Å². The molecule has 0 bridgehead atoms. The van der Waals surface area contributed by atoms with Crippen LogP contribution in [0.1, 0.15) is 46.0 Å². The normalized spacial score (nSPS) is 61.7. The minimum Gasteiger partial charge on any atom is -0.393 e. The molecule has 3 fully saturated rings. The molecule has 4 heteroatoms. The molecule has 0 aliphatic heterocycles. The summed E-state index contributed by atoms with van der Waals surface area (Å²) in [6.07, 6.45) is 7.88. The molecule has 4 rings (SSSR count). The van der Waals surface area contributed by atoms with E-state index in [2.05, 4.69) is 35.9 Å². The first kappa shape index (κ1) is 16.6. The average molecular weight is 385 g/mol. The lowest BCUT2D eigenvalue weighted by Crippen LogP contribution is -2.57. The van der Waals surface area contributed by atoms with Gasteiger partial charge in [-0.15, -0.1) is 0 Å². The van der Waals surface area contributed by atoms with Crippen molar-refractivity contribution in [1.29, 1.82) is 0 Å². The van der Waals surface area contributed by atoms with Gasteiger partial charge in [-0.25, -0.2) is 0 Å². The van der Waals surface area contributed by atoms with Gasteiger partial charge in [-0.1, -0.05) is 41.9 Å². The van der Waals surface area contributed by atoms with Gasteiger partial charge in [0.25, 0.3) is 0 Å². The number of allylic oxidation sites excluding steroid dienone is 1. The van der Waals surface area contributed by atoms with Crippen LogP contribution in [0.4, 0.5) is 0 Å². The molecule has 0 heterocycles. The Morgan fingerprint density at radius 1 is 1.04 bits per heavy atom. The van der Waals surface area contributed by atoms with Crippen molar-refractivity contribution in [3.8, 4) is 0 Å². The number of hydrogen-bond donors (Lipinski definition) is 3. The third-order valence-electron chi connectivity index (χ3n) is 8.12. The van der Waals surface area contributed by atoms with Crippen molar-refractivity contribution in [1.82, 2.24) is 0 Å². The number of aliphatic hydroxyl groups is 3. The second-order valence-corrected chi connectivity index (χ2v) is 10.2. The number of aliphatic hydroxyl groups excluding tert-OH is 3. The maximum atomic E-state index is 11.0. The molecule has 3 saturated carbocycles. The van der Waals surface area contributed by atoms with Crippen LogP contribution in [0.15, 0.2) is 12.2 Å². The molecule has 23 heavy (non-hydrogen) atoms. The van der Waals surface area contributed by atoms with E-state index in [-0.39, 0.29) is 39.9 Å². The lowest BCUT2D eigenvalue weighted by atomic mass is 9.45. The first-order valence-corrected chi connectivity index (χ1v) is 10.1. The fourth-order valence-corrected chi connectivity index (χ4v) is 7.71. The zero-order valence-electron chi connectivity index (χ0n) is 14.0. The Kier molecular flexibility index (Phi) is 3.81. The number of rotatable bonds is 0. The van der Waals surface area contributed by atoms with Crippen LogP contribution in [-0.4, -0.2) is 38.5 Å². The predicted octanol–water partition coefficient (Wildman–Crippen LogP) is 2.87. The van der Waals surface area contributed by atoms with Crippen molar-refractivity contribution < 1.29 is 15.3 Å². The van der Waals surface area contributed by atoms with E-state index in [1.807, 2.05) is 6.08 Å². The summed E-state index contributed by atoms with van der Waals surface area (Å²) in [5.74, 6) is 1.48. The van der Waals surface area contributed by atoms with E-state index in [0.29, 0.717) is 17.8 Å². The van der Waals surface area contributed by atoms with Gasteiger partial charge in [-0.2, -0.15) is 0 Å². The molecule has 0 radical (unpaired) electrons. The molecule has 10 atom stereocenters. The number of halogens is 1. The van der Waals surface area contributed by atoms with Crippen LogP contribution in [0, 0.1) is 34.5 Å². The van der Waals surface area contributed by atoms with Gasteiger partial charge in [-0.05, 0) is 66.6 Å². The van der Waals surface area contributed by atoms with E-state index in [0.717, 1.165) is 32.1 Å². The quantitative estimate of drug-likeness (QED) is 0.444. The second kappa shape index (κ2) is 5.30. The molecule has 0 aromatic heterocycles. The molecule has 0 aromatic rings. The molecule has 0 aromatic carbocycles. The van der Waals surface area contributed by atoms with E-state index in [9.17, 15) is 15.3 Å². The van der Waals surface area contributed by atoms with Gasteiger partial charge in [0.05, 0.1) is 18.3 Å². The Hall–Kier alpha value is 0.1000. The van der Waals surface area contributed by atoms with Gasteiger partial charge in [0.2, 0.25) is 0 Å². The number of alkyl halides is 1. The molecular formula is C19H29BrO3. The van der Waals surface area contributed by atoms with Crippen LogP contribution in [0.25, 0.3) is 0 Å². The van der Waals surface area contributed by atoms with Gasteiger partial charge in [0.1, 0.15) is 0 Å². The van der Waals surface area contributed by atoms with E-state index in [4.69, 9.17) is 0 Å². The van der Waals surface area contributed by atoms with Crippen LogP contribution >= 0.6 is 15.9 Å². The summed E-state index contributed by atoms with van der Waals surface area (Å²) in [5.41, 5.74) is 0.0111. The number of hydrogen-bond acceptors (Lipinski definition) is 3. The van der Waals surface area contributed by atoms with Gasteiger partial charge < -0.3 is 15.3 Å². The molecule has 0 amide bonds. The fourth-order valence-electron chi connectivity index (χ4n) is 6.71. The largest absolute Gasteiger partial charge is 0.393 e. The second-order valence-electron chi connectivity index (χ2n) is 9.06. The monoisotopic (exact) mass is 384 g/mol. The molecule has 4 aliphatic carbocycles. The highest BCUT2D eigenvalue weighted by atomic mass is 79.9. The Morgan fingerprint density at radius 3 is 2.52 bits per heavy atom. The Morgan fingerprint density at radius 2 is 1.78 bits per heavy atom. The minimum absolute atomic E-state index is 0.0720. The van der Waals surface area contributed by atoms with Crippen LogP contribution < -0.4 is 0 Å². The molecule has 3 nitrogen and oxygen atoms in total. The molecule has 0 saturated heterocycles. The van der Waals surface area contributed by atoms with Gasteiger partial charge >= 0.3 is 0 Å². The topological polar surface area (TPSA) is 60.7 Å². The van der Waals surface area contributed by atoms with Gasteiger partial charge in [0.15, 0.2) is 0 Å². The summed E-state index contributed by atoms with van der Waals surface area (Å²) < 4.78 is 0. The van der Waals surface area contributed by atoms with E-state index < -0.39 is 0 Å². The summed E-state index contributed by atoms with van der Waals surface area (Å²) in [6.45, 7) is 4.56. The molecule has 1 unspecified atom stereocenters. The van der Waals surface area contributed by atoms with E-state index in [1.54, 1.807) is 0 Å². The number of fused-ring (bicyclic) bond motifs is 5. The van der Waals surface area contributed by atoms with Crippen molar-refractivity contribution in [2.75, 3.05) is 0 Å². The van der Waals surface area contributed by atoms with Crippen molar-refractivity contribution in [3.05, 3.63) is 12.2 Å². The van der Waals surface area contributed by atoms with Crippen molar-refractivity contribution in [3.63, 3.8) is 0 Å². The van der Waals surface area contributed by atoms with E-state index in [1.165, 1.54) is 0 Å². The highest BCUT2D eigenvalue weighted by Crippen LogP contribution is 2.65. The van der Waals surface area contributed by atoms with Gasteiger partial charge in [0, 0.05) is 4.83 Å². The highest BCUT2D eigenvalue weighted by Gasteiger charge is 2.63. The van der Waals surface area contributed by atoms with Crippen LogP contribution in [0.3, 0.4) is 0 Å². The Balaban J connectivity index is 1.72. The fraction of sp³-hybridized carbons (Fsp3) is 0.895.